The van der Waals surface area contributed by atoms with Crippen LogP contribution in [0.15, 0.2) is 29.3 Å². The van der Waals surface area contributed by atoms with Crippen molar-refractivity contribution in [2.75, 3.05) is 5.32 Å². The molecule has 1 aromatic rings. The van der Waals surface area contributed by atoms with Crippen LogP contribution in [0.3, 0.4) is 0 Å². The fourth-order valence-electron chi connectivity index (χ4n) is 1.46. The fourth-order valence-corrected chi connectivity index (χ4v) is 1.46. The Morgan fingerprint density at radius 1 is 1.39 bits per heavy atom. The normalized spacial score (nSPS) is 15.2. The molecule has 1 aliphatic rings. The van der Waals surface area contributed by atoms with Crippen molar-refractivity contribution in [3.8, 4) is 0 Å². The van der Waals surface area contributed by atoms with E-state index in [0.717, 1.165) is 24.1 Å². The second-order valence-corrected chi connectivity index (χ2v) is 4.23. The molecule has 1 aliphatic carbocycles. The Morgan fingerprint density at radius 2 is 2.06 bits per heavy atom. The smallest absolute Gasteiger partial charge is 0.404 e. The van der Waals surface area contributed by atoms with Gasteiger partial charge in [0.15, 0.2) is 5.96 Å². The topological polar surface area (TPSA) is 99.7 Å². The maximum absolute atomic E-state index is 10.3. The van der Waals surface area contributed by atoms with Gasteiger partial charge in [-0.2, -0.15) is 0 Å². The molecular weight excluding hydrogens is 232 g/mol. The summed E-state index contributed by atoms with van der Waals surface area (Å²) in [7, 11) is 0. The number of guanidine groups is 1. The van der Waals surface area contributed by atoms with Crippen molar-refractivity contribution in [1.82, 2.24) is 5.32 Å². The van der Waals surface area contributed by atoms with Crippen molar-refractivity contribution >= 4 is 17.7 Å². The molecule has 0 heterocycles. The van der Waals surface area contributed by atoms with Gasteiger partial charge in [0, 0.05) is 12.2 Å². The van der Waals surface area contributed by atoms with Gasteiger partial charge >= 0.3 is 6.09 Å². The molecule has 1 aromatic carbocycles. The number of benzene rings is 1. The zero-order chi connectivity index (χ0) is 13.0. The molecule has 0 aliphatic heterocycles. The van der Waals surface area contributed by atoms with Crippen LogP contribution in [0.4, 0.5) is 10.5 Å². The first-order valence-electron chi connectivity index (χ1n) is 5.79. The molecule has 1 saturated carbocycles. The van der Waals surface area contributed by atoms with E-state index in [1.807, 2.05) is 24.3 Å². The van der Waals surface area contributed by atoms with E-state index in [1.54, 1.807) is 0 Å². The van der Waals surface area contributed by atoms with Crippen LogP contribution in [0.5, 0.6) is 0 Å². The number of rotatable bonds is 4. The molecule has 0 unspecified atom stereocenters. The van der Waals surface area contributed by atoms with Gasteiger partial charge in [-0.3, -0.25) is 0 Å². The lowest BCUT2D eigenvalue weighted by Gasteiger charge is -2.07. The molecule has 2 rings (SSSR count). The van der Waals surface area contributed by atoms with Crippen LogP contribution in [0.2, 0.25) is 0 Å². The lowest BCUT2D eigenvalue weighted by Crippen LogP contribution is -2.23. The van der Waals surface area contributed by atoms with E-state index < -0.39 is 6.09 Å². The Bertz CT molecular complexity index is 452. The van der Waals surface area contributed by atoms with Gasteiger partial charge in [-0.05, 0) is 30.5 Å². The van der Waals surface area contributed by atoms with Crippen molar-refractivity contribution in [2.45, 2.75) is 25.4 Å². The first-order chi connectivity index (χ1) is 8.63. The van der Waals surface area contributed by atoms with Gasteiger partial charge in [0.1, 0.15) is 0 Å². The second-order valence-electron chi connectivity index (χ2n) is 4.23. The molecule has 18 heavy (non-hydrogen) atoms. The zero-order valence-corrected chi connectivity index (χ0v) is 9.89. The highest BCUT2D eigenvalue weighted by Crippen LogP contribution is 2.23. The fraction of sp³-hybridized carbons (Fsp3) is 0.333. The van der Waals surface area contributed by atoms with Gasteiger partial charge in [0.2, 0.25) is 0 Å². The van der Waals surface area contributed by atoms with E-state index in [-0.39, 0.29) is 0 Å². The SMILES string of the molecule is NC(=NC1CC1)Nc1ccc(CNC(=O)O)cc1. The molecule has 6 heteroatoms. The van der Waals surface area contributed by atoms with Crippen molar-refractivity contribution in [1.29, 1.82) is 0 Å². The number of nitrogens with zero attached hydrogens (tertiary/aromatic N) is 1. The van der Waals surface area contributed by atoms with Crippen LogP contribution < -0.4 is 16.4 Å². The predicted octanol–water partition coefficient (Wildman–Crippen LogP) is 1.34. The molecule has 96 valence electrons. The van der Waals surface area contributed by atoms with Gasteiger partial charge in [-0.25, -0.2) is 9.79 Å². The van der Waals surface area contributed by atoms with Crippen LogP contribution in [-0.2, 0) is 6.54 Å². The van der Waals surface area contributed by atoms with Gasteiger partial charge in [-0.15, -0.1) is 0 Å². The van der Waals surface area contributed by atoms with Gasteiger partial charge in [-0.1, -0.05) is 12.1 Å². The molecule has 0 bridgehead atoms. The molecule has 1 amide bonds. The van der Waals surface area contributed by atoms with E-state index in [0.29, 0.717) is 18.5 Å². The molecular formula is C12H16N4O2. The average molecular weight is 248 g/mol. The molecule has 1 fully saturated rings. The van der Waals surface area contributed by atoms with Crippen molar-refractivity contribution in [3.63, 3.8) is 0 Å². The lowest BCUT2D eigenvalue weighted by atomic mass is 10.2. The summed E-state index contributed by atoms with van der Waals surface area (Å²) in [4.78, 5) is 14.6. The molecule has 0 atom stereocenters. The number of nitrogens with two attached hydrogens (primary N) is 1. The molecule has 0 spiro atoms. The zero-order valence-electron chi connectivity index (χ0n) is 9.89. The summed E-state index contributed by atoms with van der Waals surface area (Å²) in [5.74, 6) is 0.425. The molecule has 0 saturated heterocycles. The Labute approximate surface area is 105 Å². The van der Waals surface area contributed by atoms with Gasteiger partial charge in [0.25, 0.3) is 0 Å². The molecule has 6 nitrogen and oxygen atoms in total. The van der Waals surface area contributed by atoms with Crippen LogP contribution in [-0.4, -0.2) is 23.2 Å². The number of anilines is 1. The summed E-state index contributed by atoms with van der Waals surface area (Å²) < 4.78 is 0. The van der Waals surface area contributed by atoms with Crippen molar-refractivity contribution in [2.24, 2.45) is 10.7 Å². The Kier molecular flexibility index (Phi) is 3.66. The molecule has 0 radical (unpaired) electrons. The minimum atomic E-state index is -1.03. The maximum atomic E-state index is 10.3. The third-order valence-electron chi connectivity index (χ3n) is 2.54. The summed E-state index contributed by atoms with van der Waals surface area (Å²) in [5, 5.41) is 13.8. The van der Waals surface area contributed by atoms with E-state index in [9.17, 15) is 4.79 Å². The first-order valence-corrected chi connectivity index (χ1v) is 5.79. The summed E-state index contributed by atoms with van der Waals surface area (Å²) in [6.45, 7) is 0.293. The van der Waals surface area contributed by atoms with Crippen molar-refractivity contribution in [3.05, 3.63) is 29.8 Å². The van der Waals surface area contributed by atoms with Crippen LogP contribution in [0.1, 0.15) is 18.4 Å². The van der Waals surface area contributed by atoms with Crippen LogP contribution >= 0.6 is 0 Å². The highest BCUT2D eigenvalue weighted by molar-refractivity contribution is 5.92. The van der Waals surface area contributed by atoms with Crippen LogP contribution in [0, 0.1) is 0 Å². The summed E-state index contributed by atoms with van der Waals surface area (Å²) >= 11 is 0. The summed E-state index contributed by atoms with van der Waals surface area (Å²) in [6, 6.07) is 7.74. The van der Waals surface area contributed by atoms with Crippen molar-refractivity contribution < 1.29 is 9.90 Å². The van der Waals surface area contributed by atoms with Gasteiger partial charge in [0.05, 0.1) is 6.04 Å². The summed E-state index contributed by atoms with van der Waals surface area (Å²) in [6.07, 6.45) is 1.20. The number of amides is 1. The molecule has 0 aromatic heterocycles. The Hall–Kier alpha value is -2.24. The lowest BCUT2D eigenvalue weighted by molar-refractivity contribution is 0.194. The highest BCUT2D eigenvalue weighted by Gasteiger charge is 2.20. The number of aliphatic imine (C=N–C) groups is 1. The second kappa shape index (κ2) is 5.39. The maximum Gasteiger partial charge on any atom is 0.404 e. The largest absolute Gasteiger partial charge is 0.465 e. The highest BCUT2D eigenvalue weighted by atomic mass is 16.4. The molecule has 5 N–H and O–H groups in total. The Balaban J connectivity index is 1.88. The summed E-state index contributed by atoms with van der Waals surface area (Å²) in [5.41, 5.74) is 7.46. The minimum absolute atomic E-state index is 0.293. The van der Waals surface area contributed by atoms with E-state index >= 15 is 0 Å². The third kappa shape index (κ3) is 3.97. The first kappa shape index (κ1) is 12.2. The number of hydrogen-bond acceptors (Lipinski definition) is 2. The van der Waals surface area contributed by atoms with E-state index in [1.165, 1.54) is 0 Å². The number of carboxylic acid groups (broad SMARTS) is 1. The van der Waals surface area contributed by atoms with Crippen LogP contribution in [0.25, 0.3) is 0 Å². The minimum Gasteiger partial charge on any atom is -0.465 e. The van der Waals surface area contributed by atoms with Gasteiger partial charge < -0.3 is 21.5 Å². The number of nitrogens with one attached hydrogen (secondary N) is 2. The van der Waals surface area contributed by atoms with E-state index in [2.05, 4.69) is 15.6 Å². The predicted molar refractivity (Wildman–Crippen MR) is 69.6 cm³/mol. The Morgan fingerprint density at radius 3 is 2.61 bits per heavy atom. The van der Waals surface area contributed by atoms with E-state index in [4.69, 9.17) is 10.8 Å². The number of carbonyl (C=O) groups is 1. The third-order valence-corrected chi connectivity index (χ3v) is 2.54. The standard InChI is InChI=1S/C12H16N4O2/c13-11(16-10-5-6-10)15-9-3-1-8(2-4-9)7-14-12(17)18/h1-4,10,14H,5-7H2,(H,17,18)(H3,13,15,16). The average Bonchev–Trinajstić information content (AvgIpc) is 3.12. The number of hydrogen-bond donors (Lipinski definition) is 4. The quantitative estimate of drug-likeness (QED) is 0.477. The monoisotopic (exact) mass is 248 g/mol.